The summed E-state index contributed by atoms with van der Waals surface area (Å²) < 4.78 is 43.7. The molecule has 1 atom stereocenters. The van der Waals surface area contributed by atoms with Gasteiger partial charge in [-0.05, 0) is 19.9 Å². The minimum absolute atomic E-state index is 0.181. The number of anilines is 1. The number of aromatic nitrogens is 1. The lowest BCUT2D eigenvalue weighted by Gasteiger charge is -2.41. The molecule has 2 aliphatic rings. The molecule has 23 heavy (non-hydrogen) atoms. The van der Waals surface area contributed by atoms with Gasteiger partial charge in [0.25, 0.3) is 0 Å². The highest BCUT2D eigenvalue weighted by Gasteiger charge is 2.39. The first-order valence-electron chi connectivity index (χ1n) is 7.51. The highest BCUT2D eigenvalue weighted by atomic mass is 19.4. The van der Waals surface area contributed by atoms with Gasteiger partial charge in [-0.25, -0.2) is 9.78 Å². The van der Waals surface area contributed by atoms with E-state index in [1.807, 2.05) is 13.8 Å². The van der Waals surface area contributed by atoms with E-state index in [2.05, 4.69) is 9.88 Å². The second-order valence-corrected chi connectivity index (χ2v) is 6.11. The third-order valence-corrected chi connectivity index (χ3v) is 4.33. The van der Waals surface area contributed by atoms with E-state index in [1.165, 1.54) is 0 Å². The number of halogens is 3. The molecule has 1 aromatic heterocycles. The maximum absolute atomic E-state index is 12.8. The summed E-state index contributed by atoms with van der Waals surface area (Å²) in [5.41, 5.74) is -0.528. The Morgan fingerprint density at radius 1 is 1.35 bits per heavy atom. The molecule has 1 saturated heterocycles. The normalized spacial score (nSPS) is 22.4. The predicted octanol–water partition coefficient (Wildman–Crippen LogP) is 2.06. The summed E-state index contributed by atoms with van der Waals surface area (Å²) in [6.07, 6.45) is -3.64. The van der Waals surface area contributed by atoms with Crippen molar-refractivity contribution < 1.29 is 22.7 Å². The van der Waals surface area contributed by atoms with Crippen LogP contribution in [0.25, 0.3) is 0 Å². The van der Waals surface area contributed by atoms with E-state index in [0.717, 1.165) is 18.8 Å². The van der Waals surface area contributed by atoms with Gasteiger partial charge in [0.2, 0.25) is 0 Å². The molecule has 126 valence electrons. The standard InChI is InChI=1S/C15H18F3N3O2/c1-9(2)20-3-4-21-12(7-20)14(22)23-8-10-5-11(15(16,17)18)6-19-13(10)21/h5-6,9,12H,3-4,7-8H2,1-2H3/t12-/m1/s1. The summed E-state index contributed by atoms with van der Waals surface area (Å²) in [7, 11) is 0. The van der Waals surface area contributed by atoms with Gasteiger partial charge in [-0.15, -0.1) is 0 Å². The number of carbonyl (C=O) groups excluding carboxylic acids is 1. The van der Waals surface area contributed by atoms with Crippen LogP contribution in [0.4, 0.5) is 19.0 Å². The lowest BCUT2D eigenvalue weighted by atomic mass is 10.1. The van der Waals surface area contributed by atoms with Crippen LogP contribution in [0.5, 0.6) is 0 Å². The monoisotopic (exact) mass is 329 g/mol. The van der Waals surface area contributed by atoms with E-state index in [9.17, 15) is 18.0 Å². The molecule has 0 saturated carbocycles. The summed E-state index contributed by atoms with van der Waals surface area (Å²) in [6, 6.07) is 0.775. The Hall–Kier alpha value is -1.83. The number of fused-ring (bicyclic) bond motifs is 3. The fraction of sp³-hybridized carbons (Fsp3) is 0.600. The number of pyridine rings is 1. The maximum Gasteiger partial charge on any atom is 0.417 e. The van der Waals surface area contributed by atoms with Gasteiger partial charge in [0, 0.05) is 37.4 Å². The van der Waals surface area contributed by atoms with Crippen LogP contribution in [0, 0.1) is 0 Å². The number of carbonyl (C=O) groups is 1. The van der Waals surface area contributed by atoms with Crippen LogP contribution in [0.3, 0.4) is 0 Å². The van der Waals surface area contributed by atoms with Crippen LogP contribution in [0.1, 0.15) is 25.0 Å². The molecule has 0 aromatic carbocycles. The molecule has 0 spiro atoms. The fourth-order valence-electron chi connectivity index (χ4n) is 3.00. The number of alkyl halides is 3. The molecule has 0 bridgehead atoms. The number of piperazine rings is 1. The van der Waals surface area contributed by atoms with E-state index in [4.69, 9.17) is 4.74 Å². The van der Waals surface area contributed by atoms with Gasteiger partial charge in [0.05, 0.1) is 5.56 Å². The number of esters is 1. The minimum Gasteiger partial charge on any atom is -0.459 e. The van der Waals surface area contributed by atoms with Gasteiger partial charge in [0.15, 0.2) is 0 Å². The summed E-state index contributed by atoms with van der Waals surface area (Å²) >= 11 is 0. The highest BCUT2D eigenvalue weighted by Crippen LogP contribution is 2.34. The van der Waals surface area contributed by atoms with Crippen molar-refractivity contribution in [1.29, 1.82) is 0 Å². The molecule has 0 unspecified atom stereocenters. The van der Waals surface area contributed by atoms with Gasteiger partial charge in [-0.2, -0.15) is 13.2 Å². The van der Waals surface area contributed by atoms with Crippen molar-refractivity contribution in [3.05, 3.63) is 23.4 Å². The Kier molecular flexibility index (Phi) is 3.95. The van der Waals surface area contributed by atoms with Crippen molar-refractivity contribution in [3.63, 3.8) is 0 Å². The molecule has 0 radical (unpaired) electrons. The first-order valence-corrected chi connectivity index (χ1v) is 7.51. The van der Waals surface area contributed by atoms with Crippen molar-refractivity contribution >= 4 is 11.8 Å². The Labute approximate surface area is 132 Å². The first kappa shape index (κ1) is 16.0. The molecule has 0 aliphatic carbocycles. The Morgan fingerprint density at radius 3 is 2.74 bits per heavy atom. The zero-order chi connectivity index (χ0) is 16.8. The lowest BCUT2D eigenvalue weighted by molar-refractivity contribution is -0.147. The molecule has 1 aromatic rings. The molecule has 8 heteroatoms. The number of cyclic esters (lactones) is 1. The Bertz CT molecular complexity index is 618. The highest BCUT2D eigenvalue weighted by molar-refractivity contribution is 5.82. The lowest BCUT2D eigenvalue weighted by Crippen LogP contribution is -2.58. The summed E-state index contributed by atoms with van der Waals surface area (Å²) in [5.74, 6) is -0.000773. The Morgan fingerprint density at radius 2 is 2.09 bits per heavy atom. The van der Waals surface area contributed by atoms with E-state index in [1.54, 1.807) is 4.90 Å². The van der Waals surface area contributed by atoms with E-state index >= 15 is 0 Å². The predicted molar refractivity (Wildman–Crippen MR) is 76.9 cm³/mol. The van der Waals surface area contributed by atoms with Crippen molar-refractivity contribution in [3.8, 4) is 0 Å². The molecular weight excluding hydrogens is 311 g/mol. The van der Waals surface area contributed by atoms with Crippen LogP contribution in [0.2, 0.25) is 0 Å². The van der Waals surface area contributed by atoms with Crippen molar-refractivity contribution in [1.82, 2.24) is 9.88 Å². The molecule has 3 heterocycles. The maximum atomic E-state index is 12.8. The number of rotatable bonds is 1. The second kappa shape index (κ2) is 5.67. The number of hydrogen-bond donors (Lipinski definition) is 0. The number of ether oxygens (including phenoxy) is 1. The quantitative estimate of drug-likeness (QED) is 0.738. The Balaban J connectivity index is 1.95. The minimum atomic E-state index is -4.46. The molecule has 5 nitrogen and oxygen atoms in total. The SMILES string of the molecule is CC(C)N1CCN2c3ncc(C(F)(F)F)cc3COC(=O)[C@H]2C1. The van der Waals surface area contributed by atoms with E-state index < -0.39 is 23.8 Å². The average molecular weight is 329 g/mol. The van der Waals surface area contributed by atoms with Crippen molar-refractivity contribution in [2.24, 2.45) is 0 Å². The second-order valence-electron chi connectivity index (χ2n) is 6.11. The van der Waals surface area contributed by atoms with Gasteiger partial charge in [0.1, 0.15) is 18.5 Å². The van der Waals surface area contributed by atoms with E-state index in [-0.39, 0.29) is 12.6 Å². The van der Waals surface area contributed by atoms with Gasteiger partial charge < -0.3 is 9.64 Å². The molecule has 2 aliphatic heterocycles. The van der Waals surface area contributed by atoms with Crippen LogP contribution < -0.4 is 4.90 Å². The molecule has 0 N–H and O–H groups in total. The average Bonchev–Trinajstić information content (AvgIpc) is 2.63. The molecule has 3 rings (SSSR count). The molecule has 1 fully saturated rings. The van der Waals surface area contributed by atoms with Crippen molar-refractivity contribution in [2.75, 3.05) is 24.5 Å². The number of hydrogen-bond acceptors (Lipinski definition) is 5. The first-order chi connectivity index (χ1) is 10.8. The van der Waals surface area contributed by atoms with E-state index in [0.29, 0.717) is 24.5 Å². The molecular formula is C15H18F3N3O2. The smallest absolute Gasteiger partial charge is 0.417 e. The van der Waals surface area contributed by atoms with Gasteiger partial charge >= 0.3 is 12.1 Å². The van der Waals surface area contributed by atoms with Crippen LogP contribution >= 0.6 is 0 Å². The van der Waals surface area contributed by atoms with Crippen LogP contribution in [-0.4, -0.2) is 47.6 Å². The summed E-state index contributed by atoms with van der Waals surface area (Å²) in [6.45, 7) is 5.64. The largest absolute Gasteiger partial charge is 0.459 e. The van der Waals surface area contributed by atoms with Crippen LogP contribution in [0.15, 0.2) is 12.3 Å². The fourth-order valence-corrected chi connectivity index (χ4v) is 3.00. The van der Waals surface area contributed by atoms with Gasteiger partial charge in [-0.3, -0.25) is 4.90 Å². The van der Waals surface area contributed by atoms with Crippen LogP contribution in [-0.2, 0) is 22.3 Å². The van der Waals surface area contributed by atoms with Crippen molar-refractivity contribution in [2.45, 2.75) is 38.7 Å². The zero-order valence-electron chi connectivity index (χ0n) is 12.9. The summed E-state index contributed by atoms with van der Waals surface area (Å²) in [5, 5.41) is 0. The topological polar surface area (TPSA) is 45.7 Å². The third kappa shape index (κ3) is 2.99. The third-order valence-electron chi connectivity index (χ3n) is 4.33. The summed E-state index contributed by atoms with van der Waals surface area (Å²) in [4.78, 5) is 20.1. The number of nitrogens with zero attached hydrogens (tertiary/aromatic N) is 3. The molecule has 0 amide bonds. The zero-order valence-corrected chi connectivity index (χ0v) is 12.9. The van der Waals surface area contributed by atoms with Gasteiger partial charge in [-0.1, -0.05) is 0 Å².